The van der Waals surface area contributed by atoms with Gasteiger partial charge in [-0.05, 0) is 49.4 Å². The fourth-order valence-electron chi connectivity index (χ4n) is 6.22. The lowest BCUT2D eigenvalue weighted by molar-refractivity contribution is 0.256. The molecule has 0 radical (unpaired) electrons. The average molecular weight is 460 g/mol. The van der Waals surface area contributed by atoms with Gasteiger partial charge >= 0.3 is 0 Å². The highest BCUT2D eigenvalue weighted by Crippen LogP contribution is 2.56. The van der Waals surface area contributed by atoms with Crippen molar-refractivity contribution >= 4 is 18.3 Å². The molecule has 3 atom stereocenters. The smallest absolute Gasteiger partial charge is 0.243 e. The van der Waals surface area contributed by atoms with Gasteiger partial charge in [0.25, 0.3) is 0 Å². The van der Waals surface area contributed by atoms with Crippen LogP contribution in [-0.4, -0.2) is 40.7 Å². The summed E-state index contributed by atoms with van der Waals surface area (Å²) in [6.07, 6.45) is 5.71. The molecule has 0 spiro atoms. The topological polar surface area (TPSA) is 46.6 Å². The van der Waals surface area contributed by atoms with Crippen LogP contribution in [0.25, 0.3) is 0 Å². The Bertz CT molecular complexity index is 986. The molecule has 1 aliphatic carbocycles. The maximum atomic E-state index is 13.4. The van der Waals surface area contributed by atoms with E-state index in [-0.39, 0.29) is 5.92 Å². The minimum Gasteiger partial charge on any atom is -0.415 e. The van der Waals surface area contributed by atoms with Gasteiger partial charge in [0.1, 0.15) is 0 Å². The molecule has 2 saturated heterocycles. The zero-order chi connectivity index (χ0) is 22.6. The Hall–Kier alpha value is -1.21. The Morgan fingerprint density at radius 3 is 2.32 bits per heavy atom. The molecule has 0 unspecified atom stereocenters. The number of allylic oxidation sites excluding steroid dienone is 3. The van der Waals surface area contributed by atoms with Crippen LogP contribution in [0, 0.1) is 18.8 Å². The van der Waals surface area contributed by atoms with Gasteiger partial charge < -0.3 is 4.43 Å². The van der Waals surface area contributed by atoms with Crippen molar-refractivity contribution in [2.24, 2.45) is 11.8 Å². The van der Waals surface area contributed by atoms with Crippen molar-refractivity contribution in [3.63, 3.8) is 0 Å². The third-order valence-electron chi connectivity index (χ3n) is 7.87. The lowest BCUT2D eigenvalue weighted by Gasteiger charge is -2.40. The monoisotopic (exact) mass is 459 g/mol. The third-order valence-corrected chi connectivity index (χ3v) is 15.6. The van der Waals surface area contributed by atoms with Crippen LogP contribution in [0.1, 0.15) is 46.6 Å². The van der Waals surface area contributed by atoms with E-state index in [1.54, 1.807) is 16.4 Å². The van der Waals surface area contributed by atoms with Crippen molar-refractivity contribution < 1.29 is 12.8 Å². The highest BCUT2D eigenvalue weighted by Gasteiger charge is 2.58. The van der Waals surface area contributed by atoms with E-state index in [4.69, 9.17) is 4.43 Å². The van der Waals surface area contributed by atoms with E-state index in [0.717, 1.165) is 18.6 Å². The molecule has 2 aliphatic heterocycles. The number of aryl methyl sites for hydroxylation is 1. The second-order valence-electron chi connectivity index (χ2n) is 10.4. The van der Waals surface area contributed by atoms with Gasteiger partial charge in [0.15, 0.2) is 0 Å². The average Bonchev–Trinajstić information content (AvgIpc) is 3.27. The van der Waals surface area contributed by atoms with Crippen LogP contribution in [0.2, 0.25) is 16.6 Å². The number of fused-ring (bicyclic) bond motifs is 3. The van der Waals surface area contributed by atoms with Crippen molar-refractivity contribution in [3.05, 3.63) is 53.1 Å². The second-order valence-corrected chi connectivity index (χ2v) is 17.3. The predicted octanol–water partition coefficient (Wildman–Crippen LogP) is 5.67. The van der Waals surface area contributed by atoms with Crippen molar-refractivity contribution in [1.82, 2.24) is 4.31 Å². The summed E-state index contributed by atoms with van der Waals surface area (Å²) in [7, 11) is -5.51. The minimum atomic E-state index is -3.50. The molecule has 0 saturated carbocycles. The van der Waals surface area contributed by atoms with Crippen molar-refractivity contribution in [2.75, 3.05) is 19.7 Å². The van der Waals surface area contributed by atoms with E-state index < -0.39 is 18.3 Å². The summed E-state index contributed by atoms with van der Waals surface area (Å²) in [6, 6.07) is 7.24. The predicted molar refractivity (Wildman–Crippen MR) is 129 cm³/mol. The van der Waals surface area contributed by atoms with Crippen LogP contribution in [0.3, 0.4) is 0 Å². The second kappa shape index (κ2) is 8.29. The van der Waals surface area contributed by atoms with E-state index in [1.807, 2.05) is 19.1 Å². The van der Waals surface area contributed by atoms with Gasteiger partial charge in [0.2, 0.25) is 18.3 Å². The van der Waals surface area contributed by atoms with Crippen LogP contribution in [0.5, 0.6) is 0 Å². The fourth-order valence-corrected chi connectivity index (χ4v) is 13.4. The summed E-state index contributed by atoms with van der Waals surface area (Å²) in [4.78, 5) is 0.398. The zero-order valence-corrected chi connectivity index (χ0v) is 21.6. The molecule has 2 fully saturated rings. The first kappa shape index (κ1) is 23.0. The number of rotatable bonds is 4. The molecular weight excluding hydrogens is 422 g/mol. The summed E-state index contributed by atoms with van der Waals surface area (Å²) >= 11 is 0. The highest BCUT2D eigenvalue weighted by atomic mass is 32.2. The molecule has 0 aromatic heterocycles. The highest BCUT2D eigenvalue weighted by molar-refractivity contribution is 7.89. The Morgan fingerprint density at radius 2 is 1.71 bits per heavy atom. The quantitative estimate of drug-likeness (QED) is 0.430. The van der Waals surface area contributed by atoms with Gasteiger partial charge in [-0.25, -0.2) is 8.42 Å². The molecule has 170 valence electrons. The first-order valence-electron chi connectivity index (χ1n) is 11.6. The third kappa shape index (κ3) is 3.79. The van der Waals surface area contributed by atoms with Gasteiger partial charge in [0.05, 0.1) is 4.90 Å². The molecule has 4 rings (SSSR count). The van der Waals surface area contributed by atoms with Crippen LogP contribution in [0.15, 0.2) is 52.5 Å². The molecule has 6 heteroatoms. The lowest BCUT2D eigenvalue weighted by Crippen LogP contribution is -2.46. The number of hydrogen-bond acceptors (Lipinski definition) is 3. The summed E-state index contributed by atoms with van der Waals surface area (Å²) in [6.45, 7) is 15.4. The molecule has 0 amide bonds. The molecule has 0 N–H and O–H groups in total. The lowest BCUT2D eigenvalue weighted by atomic mass is 9.83. The Balaban J connectivity index is 1.70. The molecule has 31 heavy (non-hydrogen) atoms. The Kier molecular flexibility index (Phi) is 6.14. The normalized spacial score (nSPS) is 32.1. The van der Waals surface area contributed by atoms with Gasteiger partial charge in [-0.3, -0.25) is 0 Å². The van der Waals surface area contributed by atoms with Crippen LogP contribution >= 0.6 is 0 Å². The van der Waals surface area contributed by atoms with E-state index in [2.05, 4.69) is 46.8 Å². The number of nitrogens with zero attached hydrogens (tertiary/aromatic N) is 1. The molecule has 2 heterocycles. The molecule has 0 bridgehead atoms. The molecule has 3 aliphatic rings. The van der Waals surface area contributed by atoms with Gasteiger partial charge in [-0.15, -0.1) is 0 Å². The fraction of sp³-hybridized carbons (Fsp3) is 0.600. The molecule has 1 aromatic carbocycles. The van der Waals surface area contributed by atoms with Crippen LogP contribution in [-0.2, 0) is 14.4 Å². The molecule has 1 aromatic rings. The maximum Gasteiger partial charge on any atom is 0.243 e. The minimum absolute atomic E-state index is 0.251. The van der Waals surface area contributed by atoms with Gasteiger partial charge in [-0.1, -0.05) is 68.7 Å². The molecular formula is C25H37NO3SSi. The maximum absolute atomic E-state index is 13.4. The summed E-state index contributed by atoms with van der Waals surface area (Å²) in [5.41, 5.74) is 5.27. The van der Waals surface area contributed by atoms with E-state index >= 15 is 0 Å². The van der Waals surface area contributed by atoms with E-state index in [9.17, 15) is 8.42 Å². The van der Waals surface area contributed by atoms with Crippen LogP contribution < -0.4 is 0 Å². The van der Waals surface area contributed by atoms with E-state index in [1.165, 1.54) is 11.1 Å². The number of hydrogen-bond donors (Lipinski definition) is 0. The first-order chi connectivity index (χ1) is 14.6. The summed E-state index contributed by atoms with van der Waals surface area (Å²) in [5, 5.41) is 0. The Morgan fingerprint density at radius 1 is 1.06 bits per heavy atom. The van der Waals surface area contributed by atoms with Gasteiger partial charge in [-0.2, -0.15) is 4.31 Å². The van der Waals surface area contributed by atoms with Crippen molar-refractivity contribution in [1.29, 1.82) is 0 Å². The number of benzene rings is 1. The summed E-state index contributed by atoms with van der Waals surface area (Å²) < 4.78 is 35.4. The zero-order valence-electron chi connectivity index (χ0n) is 19.8. The first-order valence-corrected chi connectivity index (χ1v) is 15.2. The molecule has 4 nitrogen and oxygen atoms in total. The van der Waals surface area contributed by atoms with Crippen LogP contribution in [0.4, 0.5) is 0 Å². The SMILES string of the molecule is C/C1=C/[C@@H]2[C@H](CO[Si]2(C(C)C)C(C)C)[C@@H]2CN(S(=O)(=O)c3ccc(C)cc3)C/C2=C/C1. The number of sulfonamides is 1. The van der Waals surface area contributed by atoms with E-state index in [0.29, 0.717) is 40.5 Å². The largest absolute Gasteiger partial charge is 0.415 e. The van der Waals surface area contributed by atoms with Crippen molar-refractivity contribution in [2.45, 2.75) is 69.5 Å². The standard InChI is InChI=1S/C25H37NO3SSi/c1-17(2)31(18(3)4)25-13-20(6)7-10-21-14-26(15-23(21)24(25)16-29-31)30(27,28)22-11-8-19(5)9-12-22/h8-13,17-18,23-25H,7,14-16H2,1-6H3/b20-13-,21-10-/t23-,24-,25-/m1/s1. The van der Waals surface area contributed by atoms with Gasteiger partial charge in [0, 0.05) is 31.2 Å². The Labute approximate surface area is 189 Å². The van der Waals surface area contributed by atoms with Crippen molar-refractivity contribution in [3.8, 4) is 0 Å². The summed E-state index contributed by atoms with van der Waals surface area (Å²) in [5.74, 6) is 0.623.